The Balaban J connectivity index is 1.57. The van der Waals surface area contributed by atoms with E-state index in [0.29, 0.717) is 23.8 Å². The number of carboxylic acids is 1. The Bertz CT molecular complexity index is 1180. The third-order valence-corrected chi connectivity index (χ3v) is 5.63. The summed E-state index contributed by atoms with van der Waals surface area (Å²) in [6.45, 7) is 2.07. The number of carbonyl (C=O) groups excluding carboxylic acids is 1. The van der Waals surface area contributed by atoms with Gasteiger partial charge < -0.3 is 29.0 Å². The number of benzene rings is 3. The van der Waals surface area contributed by atoms with Crippen LogP contribution in [0.15, 0.2) is 66.7 Å². The number of hydrogen-bond acceptors (Lipinski definition) is 6. The molecule has 3 aromatic carbocycles. The zero-order valence-electron chi connectivity index (χ0n) is 18.9. The number of carbonyl (C=O) groups is 2. The van der Waals surface area contributed by atoms with Crippen LogP contribution in [0.5, 0.6) is 23.0 Å². The number of nitrogens with zero attached hydrogens (tertiary/aromatic N) is 1. The van der Waals surface area contributed by atoms with Crippen LogP contribution in [0.1, 0.15) is 34.5 Å². The average molecular weight is 463 g/mol. The molecule has 0 saturated heterocycles. The number of hydrogen-bond donors (Lipinski definition) is 1. The van der Waals surface area contributed by atoms with Crippen LogP contribution >= 0.6 is 0 Å². The van der Waals surface area contributed by atoms with E-state index < -0.39 is 5.97 Å². The normalized spacial score (nSPS) is 12.6. The fourth-order valence-corrected chi connectivity index (χ4v) is 3.74. The Kier molecular flexibility index (Phi) is 6.87. The number of ether oxygens (including phenoxy) is 4. The summed E-state index contributed by atoms with van der Waals surface area (Å²) >= 11 is 0. The lowest BCUT2D eigenvalue weighted by Gasteiger charge is -2.30. The van der Waals surface area contributed by atoms with Crippen molar-refractivity contribution in [3.63, 3.8) is 0 Å². The third kappa shape index (κ3) is 5.06. The lowest BCUT2D eigenvalue weighted by molar-refractivity contribution is -0.136. The highest BCUT2D eigenvalue weighted by Gasteiger charge is 2.24. The molecule has 34 heavy (non-hydrogen) atoms. The van der Waals surface area contributed by atoms with E-state index in [1.54, 1.807) is 4.90 Å². The molecule has 0 spiro atoms. The van der Waals surface area contributed by atoms with Crippen molar-refractivity contribution in [1.29, 1.82) is 0 Å². The molecule has 1 atom stereocenters. The largest absolute Gasteiger partial charge is 0.497 e. The molecule has 0 saturated carbocycles. The fraction of sp³-hybridized carbons (Fsp3) is 0.231. The van der Waals surface area contributed by atoms with Gasteiger partial charge in [-0.15, -0.1) is 0 Å². The van der Waals surface area contributed by atoms with Gasteiger partial charge in [0.25, 0.3) is 5.91 Å². The Labute approximate surface area is 197 Å². The number of fused-ring (bicyclic) bond motifs is 1. The highest BCUT2D eigenvalue weighted by molar-refractivity contribution is 5.91. The molecule has 1 aliphatic rings. The third-order valence-electron chi connectivity index (χ3n) is 5.63. The molecular weight excluding hydrogens is 438 g/mol. The van der Waals surface area contributed by atoms with Crippen molar-refractivity contribution in [2.45, 2.75) is 19.5 Å². The first kappa shape index (κ1) is 23.0. The molecule has 0 radical (unpaired) electrons. The second-order valence-electron chi connectivity index (χ2n) is 7.75. The van der Waals surface area contributed by atoms with Crippen molar-refractivity contribution >= 4 is 11.9 Å². The predicted molar refractivity (Wildman–Crippen MR) is 123 cm³/mol. The van der Waals surface area contributed by atoms with Gasteiger partial charge in [-0.2, -0.15) is 0 Å². The maximum absolute atomic E-state index is 13.4. The van der Waals surface area contributed by atoms with Crippen LogP contribution in [-0.4, -0.2) is 42.4 Å². The molecule has 4 rings (SSSR count). The zero-order valence-corrected chi connectivity index (χ0v) is 18.9. The van der Waals surface area contributed by atoms with Crippen molar-refractivity contribution in [3.8, 4) is 23.0 Å². The summed E-state index contributed by atoms with van der Waals surface area (Å²) < 4.78 is 21.7. The Morgan fingerprint density at radius 3 is 2.53 bits per heavy atom. The molecule has 1 N–H and O–H groups in total. The Hall–Kier alpha value is -4.20. The van der Waals surface area contributed by atoms with Gasteiger partial charge >= 0.3 is 5.97 Å². The van der Waals surface area contributed by atoms with E-state index in [2.05, 4.69) is 0 Å². The molecule has 8 nitrogen and oxygen atoms in total. The van der Waals surface area contributed by atoms with Crippen LogP contribution in [0.2, 0.25) is 0 Å². The van der Waals surface area contributed by atoms with Gasteiger partial charge in [-0.1, -0.05) is 36.4 Å². The molecule has 0 aliphatic carbocycles. The van der Waals surface area contributed by atoms with Gasteiger partial charge in [-0.25, -0.2) is 4.79 Å². The van der Waals surface area contributed by atoms with Crippen LogP contribution in [0, 0.1) is 0 Å². The molecule has 1 aliphatic heterocycles. The molecular formula is C26H25NO7. The summed E-state index contributed by atoms with van der Waals surface area (Å²) in [5.74, 6) is 0.349. The maximum atomic E-state index is 13.4. The van der Waals surface area contributed by atoms with Gasteiger partial charge in [-0.05, 0) is 42.3 Å². The lowest BCUT2D eigenvalue weighted by atomic mass is 10.1. The molecule has 0 unspecified atom stereocenters. The highest BCUT2D eigenvalue weighted by Crippen LogP contribution is 2.34. The molecule has 0 bridgehead atoms. The van der Waals surface area contributed by atoms with Crippen LogP contribution < -0.4 is 18.9 Å². The van der Waals surface area contributed by atoms with Gasteiger partial charge in [0.05, 0.1) is 13.2 Å². The number of methoxy groups -OCH3 is 1. The van der Waals surface area contributed by atoms with E-state index >= 15 is 0 Å². The van der Waals surface area contributed by atoms with Crippen LogP contribution in [-0.2, 0) is 11.3 Å². The van der Waals surface area contributed by atoms with Crippen molar-refractivity contribution < 1.29 is 33.6 Å². The number of rotatable bonds is 9. The second kappa shape index (κ2) is 10.2. The SMILES string of the molecule is COc1ccc(C(=O)O)c(OCC(=O)N(Cc2ccc3c(c2)OCO3)[C@@H](C)c2ccccc2)c1. The predicted octanol–water partition coefficient (Wildman–Crippen LogP) is 4.29. The minimum absolute atomic E-state index is 0.0490. The summed E-state index contributed by atoms with van der Waals surface area (Å²) in [6.07, 6.45) is 0. The van der Waals surface area contributed by atoms with E-state index in [0.717, 1.165) is 11.1 Å². The highest BCUT2D eigenvalue weighted by atomic mass is 16.7. The van der Waals surface area contributed by atoms with E-state index in [4.69, 9.17) is 18.9 Å². The van der Waals surface area contributed by atoms with Gasteiger partial charge in [0.2, 0.25) is 6.79 Å². The molecule has 8 heteroatoms. The molecule has 176 valence electrons. The molecule has 3 aromatic rings. The summed E-state index contributed by atoms with van der Waals surface area (Å²) in [7, 11) is 1.47. The van der Waals surface area contributed by atoms with Crippen molar-refractivity contribution in [3.05, 3.63) is 83.4 Å². The Morgan fingerprint density at radius 2 is 1.79 bits per heavy atom. The number of amides is 1. The van der Waals surface area contributed by atoms with Crippen LogP contribution in [0.25, 0.3) is 0 Å². The maximum Gasteiger partial charge on any atom is 0.339 e. The number of aromatic carboxylic acids is 1. The van der Waals surface area contributed by atoms with Crippen molar-refractivity contribution in [1.82, 2.24) is 4.90 Å². The Morgan fingerprint density at radius 1 is 1.03 bits per heavy atom. The van der Waals surface area contributed by atoms with Gasteiger partial charge in [0, 0.05) is 12.6 Å². The first-order valence-corrected chi connectivity index (χ1v) is 10.7. The van der Waals surface area contributed by atoms with Crippen LogP contribution in [0.3, 0.4) is 0 Å². The average Bonchev–Trinajstić information content (AvgIpc) is 3.33. The topological polar surface area (TPSA) is 94.5 Å². The van der Waals surface area contributed by atoms with Crippen molar-refractivity contribution in [2.75, 3.05) is 20.5 Å². The lowest BCUT2D eigenvalue weighted by Crippen LogP contribution is -2.36. The summed E-state index contributed by atoms with van der Waals surface area (Å²) in [5, 5.41) is 9.47. The van der Waals surface area contributed by atoms with Gasteiger partial charge in [-0.3, -0.25) is 4.79 Å². The van der Waals surface area contributed by atoms with E-state index in [-0.39, 0.29) is 36.7 Å². The number of carboxylic acid groups (broad SMARTS) is 1. The smallest absolute Gasteiger partial charge is 0.339 e. The summed E-state index contributed by atoms with van der Waals surface area (Å²) in [5.41, 5.74) is 1.78. The molecule has 0 fully saturated rings. The molecule has 1 amide bonds. The second-order valence-corrected chi connectivity index (χ2v) is 7.75. The minimum Gasteiger partial charge on any atom is -0.497 e. The van der Waals surface area contributed by atoms with E-state index in [1.165, 1.54) is 25.3 Å². The summed E-state index contributed by atoms with van der Waals surface area (Å²) in [4.78, 5) is 26.6. The molecule has 0 aromatic heterocycles. The fourth-order valence-electron chi connectivity index (χ4n) is 3.74. The first-order chi connectivity index (χ1) is 16.5. The minimum atomic E-state index is -1.15. The molecule has 1 heterocycles. The van der Waals surface area contributed by atoms with Gasteiger partial charge in [0.15, 0.2) is 18.1 Å². The van der Waals surface area contributed by atoms with Crippen LogP contribution in [0.4, 0.5) is 0 Å². The van der Waals surface area contributed by atoms with E-state index in [1.807, 2.05) is 55.5 Å². The summed E-state index contributed by atoms with van der Waals surface area (Å²) in [6, 6.07) is 19.3. The zero-order chi connectivity index (χ0) is 24.1. The van der Waals surface area contributed by atoms with Crippen molar-refractivity contribution in [2.24, 2.45) is 0 Å². The standard InChI is InChI=1S/C26H25NO7/c1-17(19-6-4-3-5-7-19)27(14-18-8-11-22-24(12-18)34-16-33-22)25(28)15-32-23-13-20(31-2)9-10-21(23)26(29)30/h3-13,17H,14-16H2,1-2H3,(H,29,30)/t17-/m0/s1. The first-order valence-electron chi connectivity index (χ1n) is 10.7. The quantitative estimate of drug-likeness (QED) is 0.506. The van der Waals surface area contributed by atoms with Gasteiger partial charge in [0.1, 0.15) is 17.1 Å². The monoisotopic (exact) mass is 463 g/mol. The van der Waals surface area contributed by atoms with E-state index in [9.17, 15) is 14.7 Å².